The summed E-state index contributed by atoms with van der Waals surface area (Å²) < 4.78 is 18.4. The molecule has 0 N–H and O–H groups in total. The molecule has 0 spiro atoms. The number of rotatable bonds is 7. The zero-order valence-corrected chi connectivity index (χ0v) is 46.9. The van der Waals surface area contributed by atoms with Crippen molar-refractivity contribution in [2.75, 3.05) is 0 Å². The molecule has 0 saturated carbocycles. The van der Waals surface area contributed by atoms with E-state index < -0.39 is 0 Å². The van der Waals surface area contributed by atoms with Gasteiger partial charge in [0.1, 0.15) is 11.2 Å². The van der Waals surface area contributed by atoms with Gasteiger partial charge in [-0.25, -0.2) is 0 Å². The van der Waals surface area contributed by atoms with E-state index in [1.165, 1.54) is 22.3 Å². The van der Waals surface area contributed by atoms with Crippen molar-refractivity contribution in [2.45, 2.75) is 129 Å². The average molecular weight is 1150 g/mol. The van der Waals surface area contributed by atoms with Crippen LogP contribution in [0.25, 0.3) is 77.9 Å². The second-order valence-corrected chi connectivity index (χ2v) is 24.6. The molecule has 0 atom stereocenters. The Morgan fingerprint density at radius 3 is 1.88 bits per heavy atom. The Hall–Kier alpha value is -6.55. The number of nitrogens with zero attached hydrogens (tertiary/aromatic N) is 3. The zero-order valence-electron chi connectivity index (χ0n) is 44.7. The molecule has 376 valence electrons. The average Bonchev–Trinajstić information content (AvgIpc) is 3.94. The summed E-state index contributed by atoms with van der Waals surface area (Å²) in [5.41, 5.74) is 18.4. The van der Waals surface area contributed by atoms with E-state index in [1.54, 1.807) is 0 Å². The van der Waals surface area contributed by atoms with Crippen LogP contribution in [0, 0.1) is 18.5 Å². The molecule has 0 radical (unpaired) electrons. The van der Waals surface area contributed by atoms with Crippen LogP contribution in [-0.2, 0) is 48.1 Å². The molecule has 10 aromatic rings. The van der Waals surface area contributed by atoms with Gasteiger partial charge in [-0.1, -0.05) is 185 Å². The van der Waals surface area contributed by atoms with E-state index in [9.17, 15) is 0 Å². The van der Waals surface area contributed by atoms with Crippen LogP contribution in [-0.4, -0.2) is 9.55 Å². The molecular weight excluding hydrogens is 1090 g/mol. The number of imidazole rings is 1. The molecule has 3 aromatic heterocycles. The SMILES string of the molecule is CC(C)(C)c1cc(Oc2[c-]c(-[n+]3[c-]n(-c4c(-c5ccccc5)cccc4-c4ccccc4)c4cc5oc6c7c(ccc6c5cc43)C(C)(C)CCC7(C)C)ccc2)[c-]c(-c2cc3c(cn2)C(C)(C)CCC3(C)C)c1.[Pt]. The third-order valence-corrected chi connectivity index (χ3v) is 16.6. The van der Waals surface area contributed by atoms with Crippen LogP contribution < -0.4 is 9.30 Å². The standard InChI is InChI=1S/C68H65N3O2.Pt/c1-64(2,3)46-34-45(57-39-55-56(41-69-57)67(8,9)31-30-66(55,6)7)35-49(36-46)72-48-25-18-24-47(37-48)70-42-71(62-50(43-20-14-12-15-21-43)26-19-27-51(62)44-22-16-13-17-23-44)59-40-60-53(38-58(59)70)52-28-29-54-61(63(52)73-60)68(10,11)33-32-65(54,4)5;/h12-29,34,36,38-41H,30-33H2,1-11H3;/q-2;. The molecule has 0 unspecified atom stereocenters. The van der Waals surface area contributed by atoms with E-state index in [-0.39, 0.29) is 48.1 Å². The van der Waals surface area contributed by atoms with Gasteiger partial charge in [-0.3, -0.25) is 4.57 Å². The molecule has 0 aliphatic heterocycles. The van der Waals surface area contributed by atoms with Crippen LogP contribution in [0.4, 0.5) is 0 Å². The van der Waals surface area contributed by atoms with Crippen molar-refractivity contribution in [3.05, 3.63) is 192 Å². The molecule has 7 aromatic carbocycles. The molecule has 3 heterocycles. The molecule has 0 bridgehead atoms. The van der Waals surface area contributed by atoms with Crippen LogP contribution in [0.5, 0.6) is 11.5 Å². The Labute approximate surface area is 451 Å². The van der Waals surface area contributed by atoms with E-state index in [2.05, 4.69) is 237 Å². The number of pyridine rings is 1. The summed E-state index contributed by atoms with van der Waals surface area (Å²) in [5, 5.41) is 2.20. The Bertz CT molecular complexity index is 3750. The molecule has 0 amide bonds. The number of furan rings is 1. The van der Waals surface area contributed by atoms with Crippen molar-refractivity contribution in [1.82, 2.24) is 9.55 Å². The number of hydrogen-bond acceptors (Lipinski definition) is 3. The Morgan fingerprint density at radius 1 is 0.595 bits per heavy atom. The van der Waals surface area contributed by atoms with E-state index in [4.69, 9.17) is 14.1 Å². The summed E-state index contributed by atoms with van der Waals surface area (Å²) in [7, 11) is 0. The maximum Gasteiger partial charge on any atom is 0.268 e. The first kappa shape index (κ1) is 49.6. The fourth-order valence-electron chi connectivity index (χ4n) is 11.9. The monoisotopic (exact) mass is 1150 g/mol. The molecule has 74 heavy (non-hydrogen) atoms. The number of benzene rings is 7. The zero-order chi connectivity index (χ0) is 50.8. The van der Waals surface area contributed by atoms with E-state index in [0.717, 1.165) is 109 Å². The molecular formula is C68H65N3O2Pt-2. The maximum absolute atomic E-state index is 7.16. The van der Waals surface area contributed by atoms with Gasteiger partial charge < -0.3 is 18.7 Å². The van der Waals surface area contributed by atoms with Gasteiger partial charge >= 0.3 is 0 Å². The van der Waals surface area contributed by atoms with Crippen molar-refractivity contribution >= 4 is 33.0 Å². The van der Waals surface area contributed by atoms with Gasteiger partial charge in [0.25, 0.3) is 6.33 Å². The number of para-hydroxylation sites is 1. The Balaban J connectivity index is 0.00000588. The topological polar surface area (TPSA) is 44.1 Å². The first-order valence-electron chi connectivity index (χ1n) is 26.2. The molecule has 2 aliphatic rings. The fraction of sp³-hybridized carbons (Fsp3) is 0.294. The van der Waals surface area contributed by atoms with Gasteiger partial charge in [-0.15, -0.1) is 29.3 Å². The molecule has 0 fully saturated rings. The normalized spacial score (nSPS) is 16.4. The van der Waals surface area contributed by atoms with E-state index in [1.807, 2.05) is 12.1 Å². The first-order chi connectivity index (χ1) is 34.8. The summed E-state index contributed by atoms with van der Waals surface area (Å²) in [6.45, 7) is 25.6. The minimum atomic E-state index is -0.155. The van der Waals surface area contributed by atoms with Gasteiger partial charge in [0.15, 0.2) is 0 Å². The van der Waals surface area contributed by atoms with Crippen molar-refractivity contribution in [1.29, 1.82) is 0 Å². The fourth-order valence-corrected chi connectivity index (χ4v) is 11.9. The van der Waals surface area contributed by atoms with Crippen LogP contribution in [0.1, 0.15) is 130 Å². The largest absolute Gasteiger partial charge is 0.503 e. The molecule has 6 heteroatoms. The minimum Gasteiger partial charge on any atom is -0.503 e. The quantitative estimate of drug-likeness (QED) is 0.118. The van der Waals surface area contributed by atoms with Gasteiger partial charge in [-0.05, 0) is 115 Å². The number of hydrogen-bond donors (Lipinski definition) is 0. The third kappa shape index (κ3) is 8.44. The second kappa shape index (κ2) is 17.8. The number of aromatic nitrogens is 3. The van der Waals surface area contributed by atoms with Crippen LogP contribution in [0.2, 0.25) is 0 Å². The predicted molar refractivity (Wildman–Crippen MR) is 298 cm³/mol. The summed E-state index contributed by atoms with van der Waals surface area (Å²) in [6.07, 6.45) is 10.5. The van der Waals surface area contributed by atoms with E-state index >= 15 is 0 Å². The number of fused-ring (bicyclic) bond motifs is 7. The predicted octanol–water partition coefficient (Wildman–Crippen LogP) is 17.4. The summed E-state index contributed by atoms with van der Waals surface area (Å²) in [6, 6.07) is 57.3. The number of ether oxygens (including phenoxy) is 1. The smallest absolute Gasteiger partial charge is 0.268 e. The van der Waals surface area contributed by atoms with Gasteiger partial charge in [0.2, 0.25) is 0 Å². The molecule has 0 saturated heterocycles. The van der Waals surface area contributed by atoms with Gasteiger partial charge in [0, 0.05) is 55.1 Å². The van der Waals surface area contributed by atoms with Crippen molar-refractivity contribution in [3.8, 4) is 56.4 Å². The minimum absolute atomic E-state index is 0. The maximum atomic E-state index is 7.16. The third-order valence-electron chi connectivity index (χ3n) is 16.6. The van der Waals surface area contributed by atoms with E-state index in [0.29, 0.717) is 11.5 Å². The van der Waals surface area contributed by atoms with Crippen LogP contribution in [0.15, 0.2) is 150 Å². The Morgan fingerprint density at radius 2 is 1.22 bits per heavy atom. The van der Waals surface area contributed by atoms with Crippen LogP contribution >= 0.6 is 0 Å². The summed E-state index contributed by atoms with van der Waals surface area (Å²) in [4.78, 5) is 5.12. The summed E-state index contributed by atoms with van der Waals surface area (Å²) in [5.74, 6) is 1.20. The molecule has 12 rings (SSSR count). The first-order valence-corrected chi connectivity index (χ1v) is 26.2. The molecule has 5 nitrogen and oxygen atoms in total. The summed E-state index contributed by atoms with van der Waals surface area (Å²) >= 11 is 0. The van der Waals surface area contributed by atoms with Crippen molar-refractivity contribution in [3.63, 3.8) is 0 Å². The second-order valence-electron chi connectivity index (χ2n) is 24.6. The van der Waals surface area contributed by atoms with Crippen molar-refractivity contribution < 1.29 is 34.8 Å². The van der Waals surface area contributed by atoms with Crippen molar-refractivity contribution in [2.24, 2.45) is 0 Å². The molecule has 2 aliphatic carbocycles. The van der Waals surface area contributed by atoms with Gasteiger partial charge in [0.05, 0.1) is 16.7 Å². The Kier molecular flexibility index (Phi) is 11.9. The van der Waals surface area contributed by atoms with Crippen LogP contribution in [0.3, 0.4) is 0 Å². The van der Waals surface area contributed by atoms with Gasteiger partial charge in [-0.2, -0.15) is 12.1 Å².